The van der Waals surface area contributed by atoms with Crippen LogP contribution in [0.4, 0.5) is 4.79 Å². The van der Waals surface area contributed by atoms with E-state index in [-0.39, 0.29) is 31.7 Å². The van der Waals surface area contributed by atoms with Gasteiger partial charge in [0, 0.05) is 25.9 Å². The molecule has 0 radical (unpaired) electrons. The van der Waals surface area contributed by atoms with E-state index < -0.39 is 59.6 Å². The van der Waals surface area contributed by atoms with Crippen molar-refractivity contribution in [3.05, 3.63) is 65.7 Å². The van der Waals surface area contributed by atoms with Gasteiger partial charge >= 0.3 is 12.1 Å². The lowest BCUT2D eigenvalue weighted by molar-refractivity contribution is -0.149. The molecule has 4 rings (SSSR count). The van der Waals surface area contributed by atoms with Crippen molar-refractivity contribution in [2.24, 2.45) is 0 Å². The summed E-state index contributed by atoms with van der Waals surface area (Å²) in [6.45, 7) is 5.67. The summed E-state index contributed by atoms with van der Waals surface area (Å²) in [5, 5.41) is 24.9. The van der Waals surface area contributed by atoms with Crippen molar-refractivity contribution in [2.75, 3.05) is 13.1 Å². The quantitative estimate of drug-likeness (QED) is 0.314. The highest BCUT2D eigenvalue weighted by atomic mass is 16.6. The van der Waals surface area contributed by atoms with Crippen LogP contribution in [0.25, 0.3) is 0 Å². The number of carboxylic acids is 1. The molecule has 4 atom stereocenters. The number of amides is 4. The van der Waals surface area contributed by atoms with Gasteiger partial charge in [0.2, 0.25) is 17.7 Å². The average Bonchev–Trinajstić information content (AvgIpc) is 3.67. The molecule has 2 aliphatic heterocycles. The van der Waals surface area contributed by atoms with Gasteiger partial charge in [0.05, 0.1) is 0 Å². The van der Waals surface area contributed by atoms with Crippen molar-refractivity contribution >= 4 is 29.8 Å². The Balaban J connectivity index is 1.54. The number of likely N-dealkylation sites (tertiary alicyclic amines) is 2. The molecule has 242 valence electrons. The van der Waals surface area contributed by atoms with Gasteiger partial charge in [-0.05, 0) is 69.7 Å². The predicted octanol–water partition coefficient (Wildman–Crippen LogP) is 2.62. The number of alkyl carbamates (subject to hydrolysis) is 1. The first-order chi connectivity index (χ1) is 21.3. The zero-order chi connectivity index (χ0) is 32.7. The van der Waals surface area contributed by atoms with Gasteiger partial charge in [0.1, 0.15) is 35.5 Å². The fraction of sp³-hybridized carbons (Fsp3) is 0.485. The molecule has 12 heteroatoms. The van der Waals surface area contributed by atoms with Crippen molar-refractivity contribution in [3.63, 3.8) is 0 Å². The molecule has 0 bridgehead atoms. The lowest BCUT2D eigenvalue weighted by Gasteiger charge is -2.31. The summed E-state index contributed by atoms with van der Waals surface area (Å²) in [4.78, 5) is 68.7. The first kappa shape index (κ1) is 33.3. The summed E-state index contributed by atoms with van der Waals surface area (Å²) in [6.07, 6.45) is 1.23. The summed E-state index contributed by atoms with van der Waals surface area (Å²) in [7, 11) is 0. The van der Waals surface area contributed by atoms with E-state index >= 15 is 0 Å². The standard InChI is InChI=1S/C33H42N4O8/c1-33(2,3)45-32(44)35-25(20-22-13-15-23(38)16-14-22)30(41)36-17-7-11-26(36)28(39)34-24(19-21-9-5-4-6-10-21)29(40)37-18-8-12-27(37)31(42)43/h4-6,9-10,13-16,24-27,38H,7-8,11-12,17-20H2,1-3H3,(H,34,39)(H,35,44)(H,42,43)/t24-,25-,26-,27-/m0/s1. The number of carboxylic acid groups (broad SMARTS) is 1. The maximum atomic E-state index is 14.0. The van der Waals surface area contributed by atoms with E-state index in [1.165, 1.54) is 21.9 Å². The zero-order valence-electron chi connectivity index (χ0n) is 25.9. The predicted molar refractivity (Wildman–Crippen MR) is 164 cm³/mol. The Labute approximate surface area is 262 Å². The van der Waals surface area contributed by atoms with Crippen LogP contribution in [0.15, 0.2) is 54.6 Å². The van der Waals surface area contributed by atoms with E-state index in [4.69, 9.17) is 4.74 Å². The van der Waals surface area contributed by atoms with Crippen molar-refractivity contribution in [3.8, 4) is 5.75 Å². The number of rotatable bonds is 10. The molecule has 2 saturated heterocycles. The molecule has 0 unspecified atom stereocenters. The molecule has 4 N–H and O–H groups in total. The van der Waals surface area contributed by atoms with Gasteiger partial charge < -0.3 is 35.4 Å². The first-order valence-corrected chi connectivity index (χ1v) is 15.3. The lowest BCUT2D eigenvalue weighted by atomic mass is 10.0. The molecule has 12 nitrogen and oxygen atoms in total. The Morgan fingerprint density at radius 2 is 1.31 bits per heavy atom. The number of nitrogens with zero attached hydrogens (tertiary/aromatic N) is 2. The summed E-state index contributed by atoms with van der Waals surface area (Å²) >= 11 is 0. The SMILES string of the molecule is CC(C)(C)OC(=O)N[C@@H](Cc1ccc(O)cc1)C(=O)N1CCC[C@H]1C(=O)N[C@@H](Cc1ccccc1)C(=O)N1CCC[C@H]1C(=O)O. The van der Waals surface area contributed by atoms with E-state index in [9.17, 15) is 34.2 Å². The van der Waals surface area contributed by atoms with E-state index in [2.05, 4.69) is 10.6 Å². The molecule has 0 saturated carbocycles. The van der Waals surface area contributed by atoms with E-state index in [1.54, 1.807) is 32.9 Å². The lowest BCUT2D eigenvalue weighted by Crippen LogP contribution is -2.58. The minimum atomic E-state index is -1.09. The largest absolute Gasteiger partial charge is 0.508 e. The number of hydrogen-bond donors (Lipinski definition) is 4. The van der Waals surface area contributed by atoms with E-state index in [0.717, 1.165) is 5.56 Å². The molecule has 45 heavy (non-hydrogen) atoms. The highest BCUT2D eigenvalue weighted by Gasteiger charge is 2.41. The molecule has 0 aliphatic carbocycles. The Morgan fingerprint density at radius 1 is 0.800 bits per heavy atom. The van der Waals surface area contributed by atoms with Crippen LogP contribution in [0.3, 0.4) is 0 Å². The number of hydrogen-bond acceptors (Lipinski definition) is 7. The van der Waals surface area contributed by atoms with Crippen LogP contribution in [0.5, 0.6) is 5.75 Å². The van der Waals surface area contributed by atoms with Crippen LogP contribution in [-0.4, -0.2) is 92.7 Å². The van der Waals surface area contributed by atoms with Crippen molar-refractivity contribution < 1.29 is 38.9 Å². The summed E-state index contributed by atoms with van der Waals surface area (Å²) in [5.41, 5.74) is 0.660. The van der Waals surface area contributed by atoms with Crippen LogP contribution >= 0.6 is 0 Å². The van der Waals surface area contributed by atoms with Gasteiger partial charge in [-0.15, -0.1) is 0 Å². The molecule has 2 aromatic carbocycles. The number of nitrogens with one attached hydrogen (secondary N) is 2. The smallest absolute Gasteiger partial charge is 0.408 e. The Kier molecular flexibility index (Phi) is 10.7. The summed E-state index contributed by atoms with van der Waals surface area (Å²) in [5.74, 6) is -2.52. The average molecular weight is 623 g/mol. The topological polar surface area (TPSA) is 166 Å². The maximum absolute atomic E-state index is 14.0. The van der Waals surface area contributed by atoms with Crippen LogP contribution in [0.2, 0.25) is 0 Å². The fourth-order valence-corrected chi connectivity index (χ4v) is 5.83. The van der Waals surface area contributed by atoms with Crippen LogP contribution < -0.4 is 10.6 Å². The van der Waals surface area contributed by atoms with Gasteiger partial charge in [-0.1, -0.05) is 42.5 Å². The molecule has 0 spiro atoms. The molecular formula is C33H42N4O8. The molecule has 4 amide bonds. The van der Waals surface area contributed by atoms with Gasteiger partial charge in [-0.3, -0.25) is 14.4 Å². The third-order valence-corrected chi connectivity index (χ3v) is 7.92. The number of benzene rings is 2. The van der Waals surface area contributed by atoms with Crippen LogP contribution in [-0.2, 0) is 36.8 Å². The Hall–Kier alpha value is -4.61. The maximum Gasteiger partial charge on any atom is 0.408 e. The van der Waals surface area contributed by atoms with Crippen molar-refractivity contribution in [1.29, 1.82) is 0 Å². The fourth-order valence-electron chi connectivity index (χ4n) is 5.83. The van der Waals surface area contributed by atoms with Crippen LogP contribution in [0, 0.1) is 0 Å². The van der Waals surface area contributed by atoms with E-state index in [0.29, 0.717) is 31.2 Å². The number of aromatic hydroxyl groups is 1. The third kappa shape index (κ3) is 8.96. The van der Waals surface area contributed by atoms with Crippen molar-refractivity contribution in [1.82, 2.24) is 20.4 Å². The second-order valence-electron chi connectivity index (χ2n) is 12.5. The molecule has 2 aliphatic rings. The number of aliphatic carboxylic acids is 1. The van der Waals surface area contributed by atoms with Crippen molar-refractivity contribution in [2.45, 2.75) is 89.1 Å². The number of carbonyl (C=O) groups excluding carboxylic acids is 4. The second kappa shape index (κ2) is 14.4. The highest BCUT2D eigenvalue weighted by Crippen LogP contribution is 2.23. The molecular weight excluding hydrogens is 580 g/mol. The summed E-state index contributed by atoms with van der Waals surface area (Å²) in [6, 6.07) is 11.4. The molecule has 2 aromatic rings. The third-order valence-electron chi connectivity index (χ3n) is 7.92. The van der Waals surface area contributed by atoms with Crippen LogP contribution in [0.1, 0.15) is 57.6 Å². The second-order valence-corrected chi connectivity index (χ2v) is 12.5. The number of phenols is 1. The van der Waals surface area contributed by atoms with Gasteiger partial charge in [0.25, 0.3) is 0 Å². The van der Waals surface area contributed by atoms with Gasteiger partial charge in [-0.2, -0.15) is 0 Å². The zero-order valence-corrected chi connectivity index (χ0v) is 25.9. The monoisotopic (exact) mass is 622 g/mol. The molecule has 0 aromatic heterocycles. The first-order valence-electron chi connectivity index (χ1n) is 15.3. The van der Waals surface area contributed by atoms with Gasteiger partial charge in [0.15, 0.2) is 0 Å². The Bertz CT molecular complexity index is 1380. The molecule has 2 heterocycles. The minimum Gasteiger partial charge on any atom is -0.508 e. The highest BCUT2D eigenvalue weighted by molar-refractivity contribution is 5.95. The number of carbonyl (C=O) groups is 5. The summed E-state index contributed by atoms with van der Waals surface area (Å²) < 4.78 is 5.40. The molecule has 2 fully saturated rings. The number of ether oxygens (including phenoxy) is 1. The number of phenolic OH excluding ortho intramolecular Hbond substituents is 1. The Morgan fingerprint density at radius 3 is 1.87 bits per heavy atom. The van der Waals surface area contributed by atoms with Gasteiger partial charge in [-0.25, -0.2) is 9.59 Å². The normalized spacial score (nSPS) is 19.4. The van der Waals surface area contributed by atoms with E-state index in [1.807, 2.05) is 30.3 Å². The minimum absolute atomic E-state index is 0.0567.